The number of hydrogen-bond acceptors (Lipinski definition) is 1. The van der Waals surface area contributed by atoms with Gasteiger partial charge in [0.15, 0.2) is 0 Å². The van der Waals surface area contributed by atoms with Crippen LogP contribution in [0.3, 0.4) is 0 Å². The van der Waals surface area contributed by atoms with Crippen molar-refractivity contribution in [3.8, 4) is 5.69 Å². The second-order valence-electron chi connectivity index (χ2n) is 2.53. The molecule has 0 unspecified atom stereocenters. The van der Waals surface area contributed by atoms with Crippen molar-refractivity contribution in [2.24, 2.45) is 0 Å². The van der Waals surface area contributed by atoms with E-state index in [2.05, 4.69) is 21.0 Å². The van der Waals surface area contributed by atoms with Gasteiger partial charge in [0, 0.05) is 6.20 Å². The van der Waals surface area contributed by atoms with Gasteiger partial charge in [-0.15, -0.1) is 0 Å². The molecule has 1 aromatic carbocycles. The monoisotopic (exact) mass is 240 g/mol. The minimum Gasteiger partial charge on any atom is -0.237 e. The van der Waals surface area contributed by atoms with Crippen LogP contribution >= 0.6 is 15.9 Å². The van der Waals surface area contributed by atoms with Gasteiger partial charge >= 0.3 is 0 Å². The van der Waals surface area contributed by atoms with E-state index in [1.165, 1.54) is 10.7 Å². The predicted octanol–water partition coefficient (Wildman–Crippen LogP) is 2.77. The van der Waals surface area contributed by atoms with Gasteiger partial charge in [-0.25, -0.2) is 9.07 Å². The van der Waals surface area contributed by atoms with Crippen LogP contribution in [0.15, 0.2) is 41.1 Å². The van der Waals surface area contributed by atoms with Crippen LogP contribution in [-0.4, -0.2) is 9.78 Å². The molecule has 0 fully saturated rings. The number of halogens is 2. The average molecular weight is 241 g/mol. The van der Waals surface area contributed by atoms with Crippen molar-refractivity contribution in [2.45, 2.75) is 0 Å². The van der Waals surface area contributed by atoms with Crippen molar-refractivity contribution in [3.05, 3.63) is 46.9 Å². The van der Waals surface area contributed by atoms with Crippen LogP contribution in [0.4, 0.5) is 4.39 Å². The number of hydrogen-bond donors (Lipinski definition) is 0. The largest absolute Gasteiger partial charge is 0.237 e. The number of rotatable bonds is 1. The molecule has 0 bridgehead atoms. The number of para-hydroxylation sites is 1. The third kappa shape index (κ3) is 1.62. The summed E-state index contributed by atoms with van der Waals surface area (Å²) in [7, 11) is 0. The van der Waals surface area contributed by atoms with Gasteiger partial charge in [-0.3, -0.25) is 0 Å². The molecule has 4 heteroatoms. The van der Waals surface area contributed by atoms with Crippen LogP contribution in [0.25, 0.3) is 5.69 Å². The zero-order valence-electron chi connectivity index (χ0n) is 6.61. The van der Waals surface area contributed by atoms with E-state index in [0.29, 0.717) is 10.3 Å². The van der Waals surface area contributed by atoms with Gasteiger partial charge in [0.1, 0.15) is 16.1 Å². The van der Waals surface area contributed by atoms with Gasteiger partial charge in [0.25, 0.3) is 0 Å². The Hall–Kier alpha value is -1.16. The molecular formula is C9H6BrFN2. The Balaban J connectivity index is 2.52. The first-order chi connectivity index (χ1) is 6.27. The second kappa shape index (κ2) is 3.30. The topological polar surface area (TPSA) is 17.8 Å². The van der Waals surface area contributed by atoms with E-state index < -0.39 is 0 Å². The molecule has 0 radical (unpaired) electrons. The molecule has 0 aliphatic carbocycles. The molecule has 1 aromatic heterocycles. The van der Waals surface area contributed by atoms with Crippen LogP contribution in [0.5, 0.6) is 0 Å². The number of aromatic nitrogens is 2. The highest BCUT2D eigenvalue weighted by Gasteiger charge is 2.03. The Morgan fingerprint density at radius 2 is 2.00 bits per heavy atom. The molecule has 2 rings (SSSR count). The molecule has 0 saturated heterocycles. The van der Waals surface area contributed by atoms with Gasteiger partial charge < -0.3 is 0 Å². The Bertz CT molecular complexity index is 425. The molecule has 0 aliphatic rings. The first-order valence-corrected chi connectivity index (χ1v) is 4.53. The van der Waals surface area contributed by atoms with Crippen molar-refractivity contribution in [1.29, 1.82) is 0 Å². The Morgan fingerprint density at radius 1 is 1.23 bits per heavy atom. The van der Waals surface area contributed by atoms with Gasteiger partial charge in [0.05, 0.1) is 0 Å². The third-order valence-corrected chi connectivity index (χ3v) is 2.08. The molecule has 0 amide bonds. The highest BCUT2D eigenvalue weighted by atomic mass is 79.9. The minimum absolute atomic E-state index is 0.280. The quantitative estimate of drug-likeness (QED) is 0.750. The lowest BCUT2D eigenvalue weighted by Gasteiger charge is -2.00. The van der Waals surface area contributed by atoms with Crippen molar-refractivity contribution in [1.82, 2.24) is 9.78 Å². The van der Waals surface area contributed by atoms with Gasteiger partial charge in [0.2, 0.25) is 0 Å². The zero-order chi connectivity index (χ0) is 9.26. The lowest BCUT2D eigenvalue weighted by Crippen LogP contribution is -1.97. The summed E-state index contributed by atoms with van der Waals surface area (Å²) in [6, 6.07) is 8.26. The Kier molecular flexibility index (Phi) is 2.14. The fourth-order valence-corrected chi connectivity index (χ4v) is 1.36. The Morgan fingerprint density at radius 3 is 2.62 bits per heavy atom. The van der Waals surface area contributed by atoms with Gasteiger partial charge in [-0.2, -0.15) is 5.10 Å². The standard InChI is InChI=1S/C9H6BrFN2/c10-9-5-6-13(12-9)8-4-2-1-3-7(8)11/h1-6H. The first-order valence-electron chi connectivity index (χ1n) is 3.73. The Labute approximate surface area is 83.1 Å². The van der Waals surface area contributed by atoms with E-state index in [4.69, 9.17) is 0 Å². The van der Waals surface area contributed by atoms with Gasteiger partial charge in [-0.1, -0.05) is 12.1 Å². The summed E-state index contributed by atoms with van der Waals surface area (Å²) in [5, 5.41) is 4.04. The normalized spacial score (nSPS) is 10.3. The maximum atomic E-state index is 13.2. The number of benzene rings is 1. The summed E-state index contributed by atoms with van der Waals surface area (Å²) in [6.07, 6.45) is 1.70. The molecule has 2 nitrogen and oxygen atoms in total. The molecule has 2 aromatic rings. The summed E-state index contributed by atoms with van der Waals surface area (Å²) in [4.78, 5) is 0. The highest BCUT2D eigenvalue weighted by molar-refractivity contribution is 9.10. The molecule has 0 N–H and O–H groups in total. The molecule has 0 saturated carbocycles. The SMILES string of the molecule is Fc1ccccc1-n1ccc(Br)n1. The summed E-state index contributed by atoms with van der Waals surface area (Å²) in [5.41, 5.74) is 0.452. The van der Waals surface area contributed by atoms with E-state index in [1.54, 1.807) is 30.5 Å². The molecule has 0 aliphatic heterocycles. The van der Waals surface area contributed by atoms with Crippen LogP contribution in [0.2, 0.25) is 0 Å². The highest BCUT2D eigenvalue weighted by Crippen LogP contribution is 2.13. The fraction of sp³-hybridized carbons (Fsp3) is 0. The van der Waals surface area contributed by atoms with Crippen LogP contribution in [0.1, 0.15) is 0 Å². The molecule has 0 atom stereocenters. The van der Waals surface area contributed by atoms with Crippen molar-refractivity contribution in [3.63, 3.8) is 0 Å². The second-order valence-corrected chi connectivity index (χ2v) is 3.35. The van der Waals surface area contributed by atoms with E-state index in [1.807, 2.05) is 0 Å². The maximum absolute atomic E-state index is 13.2. The first kappa shape index (κ1) is 8.44. The van der Waals surface area contributed by atoms with Crippen molar-refractivity contribution < 1.29 is 4.39 Å². The minimum atomic E-state index is -0.280. The average Bonchev–Trinajstić information content (AvgIpc) is 2.53. The third-order valence-electron chi connectivity index (χ3n) is 1.66. The zero-order valence-corrected chi connectivity index (χ0v) is 8.20. The smallest absolute Gasteiger partial charge is 0.148 e. The predicted molar refractivity (Wildman–Crippen MR) is 51.2 cm³/mol. The lowest BCUT2D eigenvalue weighted by molar-refractivity contribution is 0.610. The van der Waals surface area contributed by atoms with E-state index in [0.717, 1.165) is 0 Å². The molecular weight excluding hydrogens is 235 g/mol. The summed E-state index contributed by atoms with van der Waals surface area (Å²) in [6.45, 7) is 0. The van der Waals surface area contributed by atoms with E-state index in [9.17, 15) is 4.39 Å². The maximum Gasteiger partial charge on any atom is 0.148 e. The fourth-order valence-electron chi connectivity index (χ4n) is 1.07. The molecule has 1 heterocycles. The molecule has 13 heavy (non-hydrogen) atoms. The molecule has 0 spiro atoms. The van der Waals surface area contributed by atoms with E-state index >= 15 is 0 Å². The summed E-state index contributed by atoms with van der Waals surface area (Å²) < 4.78 is 15.4. The van der Waals surface area contributed by atoms with Crippen molar-refractivity contribution >= 4 is 15.9 Å². The van der Waals surface area contributed by atoms with Gasteiger partial charge in [-0.05, 0) is 34.1 Å². The summed E-state index contributed by atoms with van der Waals surface area (Å²) >= 11 is 3.20. The van der Waals surface area contributed by atoms with Crippen LogP contribution in [0, 0.1) is 5.82 Å². The van der Waals surface area contributed by atoms with Crippen LogP contribution < -0.4 is 0 Å². The van der Waals surface area contributed by atoms with Crippen molar-refractivity contribution in [2.75, 3.05) is 0 Å². The van der Waals surface area contributed by atoms with E-state index in [-0.39, 0.29) is 5.82 Å². The number of nitrogens with zero attached hydrogens (tertiary/aromatic N) is 2. The van der Waals surface area contributed by atoms with Crippen LogP contribution in [-0.2, 0) is 0 Å². The summed E-state index contributed by atoms with van der Waals surface area (Å²) in [5.74, 6) is -0.280. The molecule has 66 valence electrons. The lowest BCUT2D eigenvalue weighted by atomic mass is 10.3.